The van der Waals surface area contributed by atoms with Gasteiger partial charge in [-0.1, -0.05) is 51.0 Å². The first-order valence-electron chi connectivity index (χ1n) is 11.9. The number of fused-ring (bicyclic) bond motifs is 1. The Morgan fingerprint density at radius 2 is 1.20 bits per heavy atom. The molecule has 1 aromatic heterocycles. The lowest BCUT2D eigenvalue weighted by molar-refractivity contribution is 0.0722. The van der Waals surface area contributed by atoms with Gasteiger partial charge in [-0.15, -0.1) is 0 Å². The van der Waals surface area contributed by atoms with Crippen LogP contribution in [0.1, 0.15) is 64.4 Å². The maximum Gasteiger partial charge on any atom is 0.343 e. The van der Waals surface area contributed by atoms with Crippen LogP contribution in [-0.2, 0) is 12.8 Å². The molecule has 3 aromatic carbocycles. The summed E-state index contributed by atoms with van der Waals surface area (Å²) >= 11 is 0. The molecule has 0 aliphatic carbocycles. The Labute approximate surface area is 205 Å². The average molecular weight is 469 g/mol. The number of rotatable bonds is 8. The second-order valence-electron chi connectivity index (χ2n) is 8.41. The molecule has 178 valence electrons. The van der Waals surface area contributed by atoms with Crippen molar-refractivity contribution < 1.29 is 19.1 Å². The van der Waals surface area contributed by atoms with E-state index in [1.54, 1.807) is 49.5 Å². The van der Waals surface area contributed by atoms with Crippen LogP contribution in [0.25, 0.3) is 10.9 Å². The van der Waals surface area contributed by atoms with Crippen molar-refractivity contribution in [3.05, 3.63) is 94.9 Å². The monoisotopic (exact) mass is 468 g/mol. The van der Waals surface area contributed by atoms with Gasteiger partial charge in [-0.2, -0.15) is 0 Å². The first-order valence-corrected chi connectivity index (χ1v) is 11.9. The minimum absolute atomic E-state index is 0.275. The number of carbonyl (C=O) groups is 2. The fourth-order valence-electron chi connectivity index (χ4n) is 3.84. The smallest absolute Gasteiger partial charge is 0.343 e. The zero-order valence-corrected chi connectivity index (χ0v) is 20.2. The van der Waals surface area contributed by atoms with Crippen molar-refractivity contribution in [2.24, 2.45) is 0 Å². The summed E-state index contributed by atoms with van der Waals surface area (Å²) in [5, 5.41) is 0.482. The molecular weight excluding hydrogens is 440 g/mol. The van der Waals surface area contributed by atoms with E-state index in [9.17, 15) is 9.59 Å². The van der Waals surface area contributed by atoms with Gasteiger partial charge in [0.25, 0.3) is 0 Å². The lowest BCUT2D eigenvalue weighted by atomic mass is 10.1. The number of benzene rings is 3. The molecule has 35 heavy (non-hydrogen) atoms. The first kappa shape index (κ1) is 24.1. The Kier molecular flexibility index (Phi) is 7.51. The second-order valence-corrected chi connectivity index (χ2v) is 8.41. The Balaban J connectivity index is 1.58. The van der Waals surface area contributed by atoms with Crippen LogP contribution in [0.15, 0.2) is 66.9 Å². The van der Waals surface area contributed by atoms with Crippen LogP contribution in [0.5, 0.6) is 11.5 Å². The van der Waals surface area contributed by atoms with Gasteiger partial charge in [-0.25, -0.2) is 19.6 Å². The van der Waals surface area contributed by atoms with Gasteiger partial charge in [-0.05, 0) is 67.3 Å². The van der Waals surface area contributed by atoms with Gasteiger partial charge in [0.15, 0.2) is 5.75 Å². The number of carbonyl (C=O) groups excluding carboxylic acids is 2. The predicted molar refractivity (Wildman–Crippen MR) is 135 cm³/mol. The molecule has 0 atom stereocenters. The van der Waals surface area contributed by atoms with Crippen LogP contribution in [0.2, 0.25) is 0 Å². The maximum absolute atomic E-state index is 12.8. The van der Waals surface area contributed by atoms with Crippen molar-refractivity contribution >= 4 is 22.8 Å². The summed E-state index contributed by atoms with van der Waals surface area (Å²) in [6.07, 6.45) is 5.56. The Morgan fingerprint density at radius 3 is 1.71 bits per heavy atom. The average Bonchev–Trinajstić information content (AvgIpc) is 2.86. The predicted octanol–water partition coefficient (Wildman–Crippen LogP) is 6.28. The third-order valence-electron chi connectivity index (χ3n) is 5.66. The molecule has 0 N–H and O–H groups in total. The van der Waals surface area contributed by atoms with E-state index in [2.05, 4.69) is 23.8 Å². The topological polar surface area (TPSA) is 78.4 Å². The number of esters is 2. The lowest BCUT2D eigenvalue weighted by Crippen LogP contribution is -2.11. The summed E-state index contributed by atoms with van der Waals surface area (Å²) in [6, 6.07) is 18.0. The van der Waals surface area contributed by atoms with E-state index in [1.807, 2.05) is 24.3 Å². The molecule has 0 bridgehead atoms. The number of nitrogens with zero attached hydrogens (tertiary/aromatic N) is 2. The fourth-order valence-corrected chi connectivity index (χ4v) is 3.84. The van der Waals surface area contributed by atoms with Gasteiger partial charge in [0, 0.05) is 6.20 Å². The van der Waals surface area contributed by atoms with Crippen molar-refractivity contribution in [2.75, 3.05) is 0 Å². The minimum atomic E-state index is -0.484. The summed E-state index contributed by atoms with van der Waals surface area (Å²) in [5.74, 6) is 0.117. The molecule has 4 aromatic rings. The van der Waals surface area contributed by atoms with E-state index >= 15 is 0 Å². The first-order chi connectivity index (χ1) is 17.0. The van der Waals surface area contributed by atoms with Gasteiger partial charge in [0.1, 0.15) is 17.1 Å². The SMILES string of the molecule is CCCc1ccc(C(=O)Oc2ccc(OC(=O)c3ccc(CCC)cc3)c3nc(C)ncc23)cc1. The van der Waals surface area contributed by atoms with Crippen LogP contribution in [-0.4, -0.2) is 21.9 Å². The standard InChI is InChI=1S/C29H28N2O4/c1-4-6-20-8-12-22(13-9-20)28(32)34-25-16-17-26(27-24(25)18-30-19(3)31-27)35-29(33)23-14-10-21(7-5-2)11-15-23/h8-18H,4-7H2,1-3H3. The fraction of sp³-hybridized carbons (Fsp3) is 0.241. The van der Waals surface area contributed by atoms with Crippen LogP contribution >= 0.6 is 0 Å². The molecule has 0 amide bonds. The molecule has 0 saturated heterocycles. The maximum atomic E-state index is 12.8. The van der Waals surface area contributed by atoms with Crippen LogP contribution < -0.4 is 9.47 Å². The van der Waals surface area contributed by atoms with Crippen molar-refractivity contribution in [2.45, 2.75) is 46.5 Å². The highest BCUT2D eigenvalue weighted by Gasteiger charge is 2.18. The summed E-state index contributed by atoms with van der Waals surface area (Å²) in [5.41, 5.74) is 3.64. The number of hydrogen-bond donors (Lipinski definition) is 0. The zero-order chi connectivity index (χ0) is 24.8. The zero-order valence-electron chi connectivity index (χ0n) is 20.2. The van der Waals surface area contributed by atoms with E-state index in [4.69, 9.17) is 9.47 Å². The number of aromatic nitrogens is 2. The second kappa shape index (κ2) is 10.9. The van der Waals surface area contributed by atoms with Crippen LogP contribution in [0.3, 0.4) is 0 Å². The molecule has 6 heteroatoms. The van der Waals surface area contributed by atoms with Gasteiger partial charge >= 0.3 is 11.9 Å². The highest BCUT2D eigenvalue weighted by Crippen LogP contribution is 2.32. The molecular formula is C29H28N2O4. The summed E-state index contributed by atoms with van der Waals surface area (Å²) in [7, 11) is 0. The number of aryl methyl sites for hydroxylation is 3. The number of ether oxygens (including phenoxy) is 2. The van der Waals surface area contributed by atoms with E-state index in [1.165, 1.54) is 11.1 Å². The van der Waals surface area contributed by atoms with E-state index < -0.39 is 11.9 Å². The Morgan fingerprint density at radius 1 is 0.714 bits per heavy atom. The highest BCUT2D eigenvalue weighted by atomic mass is 16.5. The molecule has 0 saturated carbocycles. The van der Waals surface area contributed by atoms with Crippen molar-refractivity contribution in [3.63, 3.8) is 0 Å². The van der Waals surface area contributed by atoms with Gasteiger partial charge in [0.05, 0.1) is 16.5 Å². The molecule has 0 aliphatic rings. The third-order valence-corrected chi connectivity index (χ3v) is 5.66. The quantitative estimate of drug-likeness (QED) is 0.224. The minimum Gasteiger partial charge on any atom is -0.422 e. The van der Waals surface area contributed by atoms with E-state index in [-0.39, 0.29) is 5.75 Å². The van der Waals surface area contributed by atoms with Crippen molar-refractivity contribution in [1.29, 1.82) is 0 Å². The molecule has 0 aliphatic heterocycles. The normalized spacial score (nSPS) is 10.8. The van der Waals surface area contributed by atoms with Crippen molar-refractivity contribution in [1.82, 2.24) is 9.97 Å². The van der Waals surface area contributed by atoms with Gasteiger partial charge in [-0.3, -0.25) is 0 Å². The third kappa shape index (κ3) is 5.72. The summed E-state index contributed by atoms with van der Waals surface area (Å²) in [6.45, 7) is 5.97. The van der Waals surface area contributed by atoms with E-state index in [0.717, 1.165) is 25.7 Å². The van der Waals surface area contributed by atoms with Crippen LogP contribution in [0, 0.1) is 6.92 Å². The Bertz CT molecular complexity index is 1350. The Hall–Kier alpha value is -4.06. The summed E-state index contributed by atoms with van der Waals surface area (Å²) in [4.78, 5) is 34.2. The highest BCUT2D eigenvalue weighted by molar-refractivity contribution is 5.98. The van der Waals surface area contributed by atoms with Gasteiger partial charge in [0.2, 0.25) is 0 Å². The number of hydrogen-bond acceptors (Lipinski definition) is 6. The molecule has 6 nitrogen and oxygen atoms in total. The van der Waals surface area contributed by atoms with E-state index in [0.29, 0.717) is 33.6 Å². The molecule has 0 radical (unpaired) electrons. The largest absolute Gasteiger partial charge is 0.422 e. The molecule has 4 rings (SSSR count). The molecule has 1 heterocycles. The molecule has 0 fully saturated rings. The van der Waals surface area contributed by atoms with Gasteiger partial charge < -0.3 is 9.47 Å². The summed E-state index contributed by atoms with van der Waals surface area (Å²) < 4.78 is 11.4. The molecule has 0 spiro atoms. The van der Waals surface area contributed by atoms with Crippen molar-refractivity contribution in [3.8, 4) is 11.5 Å². The molecule has 0 unspecified atom stereocenters. The lowest BCUT2D eigenvalue weighted by Gasteiger charge is -2.12. The van der Waals surface area contributed by atoms with Crippen LogP contribution in [0.4, 0.5) is 0 Å².